The van der Waals surface area contributed by atoms with Crippen molar-refractivity contribution in [2.24, 2.45) is 0 Å². The van der Waals surface area contributed by atoms with Gasteiger partial charge in [0.1, 0.15) is 11.5 Å². The fourth-order valence-corrected chi connectivity index (χ4v) is 1.81. The van der Waals surface area contributed by atoms with Gasteiger partial charge in [-0.25, -0.2) is 0 Å². The number of rotatable bonds is 4. The van der Waals surface area contributed by atoms with E-state index in [1.807, 2.05) is 36.4 Å². The Morgan fingerprint density at radius 3 is 2.56 bits per heavy atom. The van der Waals surface area contributed by atoms with Crippen molar-refractivity contribution in [1.82, 2.24) is 0 Å². The molecular formula is C14H14ClNO2. The van der Waals surface area contributed by atoms with Gasteiger partial charge in [-0.2, -0.15) is 0 Å². The van der Waals surface area contributed by atoms with Crippen molar-refractivity contribution in [2.75, 3.05) is 19.5 Å². The van der Waals surface area contributed by atoms with E-state index in [9.17, 15) is 0 Å². The van der Waals surface area contributed by atoms with Crippen LogP contribution in [0.25, 0.3) is 0 Å². The van der Waals surface area contributed by atoms with E-state index in [1.54, 1.807) is 20.3 Å². The van der Waals surface area contributed by atoms with Crippen LogP contribution < -0.4 is 14.8 Å². The Hall–Kier alpha value is -1.87. The van der Waals surface area contributed by atoms with Crippen LogP contribution in [-0.4, -0.2) is 14.2 Å². The minimum atomic E-state index is 0.654. The monoisotopic (exact) mass is 263 g/mol. The lowest BCUT2D eigenvalue weighted by Gasteiger charge is -2.12. The highest BCUT2D eigenvalue weighted by Gasteiger charge is 2.04. The molecule has 1 N–H and O–H groups in total. The summed E-state index contributed by atoms with van der Waals surface area (Å²) in [5.41, 5.74) is 1.73. The summed E-state index contributed by atoms with van der Waals surface area (Å²) in [5.74, 6) is 1.53. The van der Waals surface area contributed by atoms with Gasteiger partial charge in [-0.1, -0.05) is 17.7 Å². The minimum absolute atomic E-state index is 0.654. The van der Waals surface area contributed by atoms with Crippen LogP contribution >= 0.6 is 11.6 Å². The Kier molecular flexibility index (Phi) is 3.95. The summed E-state index contributed by atoms with van der Waals surface area (Å²) in [6.07, 6.45) is 0. The van der Waals surface area contributed by atoms with Gasteiger partial charge in [0.05, 0.1) is 19.9 Å². The van der Waals surface area contributed by atoms with Gasteiger partial charge in [0.2, 0.25) is 0 Å². The van der Waals surface area contributed by atoms with Crippen molar-refractivity contribution in [3.8, 4) is 11.5 Å². The number of halogens is 1. The second-order valence-electron chi connectivity index (χ2n) is 3.70. The molecule has 0 unspecified atom stereocenters. The van der Waals surface area contributed by atoms with Crippen molar-refractivity contribution < 1.29 is 9.47 Å². The van der Waals surface area contributed by atoms with Gasteiger partial charge in [-0.3, -0.25) is 0 Å². The van der Waals surface area contributed by atoms with Crippen LogP contribution in [0.4, 0.5) is 11.4 Å². The topological polar surface area (TPSA) is 30.5 Å². The quantitative estimate of drug-likeness (QED) is 0.901. The second kappa shape index (κ2) is 5.65. The molecule has 2 aromatic rings. The fraction of sp³-hybridized carbons (Fsp3) is 0.143. The third-order valence-electron chi connectivity index (χ3n) is 2.51. The molecule has 0 aliphatic rings. The molecule has 4 heteroatoms. The number of methoxy groups -OCH3 is 2. The van der Waals surface area contributed by atoms with E-state index in [1.165, 1.54) is 0 Å². The van der Waals surface area contributed by atoms with Crippen LogP contribution in [0, 0.1) is 0 Å². The summed E-state index contributed by atoms with van der Waals surface area (Å²) in [6, 6.07) is 13.1. The molecule has 0 saturated heterocycles. The third-order valence-corrected chi connectivity index (χ3v) is 2.75. The van der Waals surface area contributed by atoms with E-state index >= 15 is 0 Å². The second-order valence-corrected chi connectivity index (χ2v) is 4.14. The number of hydrogen-bond acceptors (Lipinski definition) is 3. The zero-order valence-electron chi connectivity index (χ0n) is 10.2. The van der Waals surface area contributed by atoms with Crippen molar-refractivity contribution in [2.45, 2.75) is 0 Å². The SMILES string of the molecule is COc1cccc(Nc2cc(Cl)ccc2OC)c1. The minimum Gasteiger partial charge on any atom is -0.497 e. The maximum Gasteiger partial charge on any atom is 0.142 e. The fourth-order valence-electron chi connectivity index (χ4n) is 1.63. The Morgan fingerprint density at radius 2 is 1.83 bits per heavy atom. The maximum atomic E-state index is 5.98. The summed E-state index contributed by atoms with van der Waals surface area (Å²) < 4.78 is 10.5. The van der Waals surface area contributed by atoms with Gasteiger partial charge in [0.25, 0.3) is 0 Å². The van der Waals surface area contributed by atoms with Gasteiger partial charge < -0.3 is 14.8 Å². The van der Waals surface area contributed by atoms with Crippen LogP contribution in [0.2, 0.25) is 5.02 Å². The first-order valence-electron chi connectivity index (χ1n) is 5.47. The van der Waals surface area contributed by atoms with E-state index in [0.29, 0.717) is 5.02 Å². The molecule has 0 radical (unpaired) electrons. The zero-order chi connectivity index (χ0) is 13.0. The summed E-state index contributed by atoms with van der Waals surface area (Å²) in [7, 11) is 3.26. The molecule has 0 aliphatic heterocycles. The van der Waals surface area contributed by atoms with Crippen molar-refractivity contribution in [3.05, 3.63) is 47.5 Å². The van der Waals surface area contributed by atoms with E-state index in [4.69, 9.17) is 21.1 Å². The zero-order valence-corrected chi connectivity index (χ0v) is 11.0. The number of nitrogens with one attached hydrogen (secondary N) is 1. The molecule has 0 saturated carbocycles. The molecule has 18 heavy (non-hydrogen) atoms. The van der Waals surface area contributed by atoms with Crippen molar-refractivity contribution >= 4 is 23.0 Å². The first-order chi connectivity index (χ1) is 8.72. The molecule has 2 aromatic carbocycles. The molecule has 2 rings (SSSR count). The lowest BCUT2D eigenvalue weighted by molar-refractivity contribution is 0.414. The standard InChI is InChI=1S/C14H14ClNO2/c1-17-12-5-3-4-11(9-12)16-13-8-10(15)6-7-14(13)18-2/h3-9,16H,1-2H3. The van der Waals surface area contributed by atoms with Crippen molar-refractivity contribution in [1.29, 1.82) is 0 Å². The molecule has 0 bridgehead atoms. The number of anilines is 2. The maximum absolute atomic E-state index is 5.98. The van der Waals surface area contributed by atoms with Gasteiger partial charge in [-0.05, 0) is 30.3 Å². The van der Waals surface area contributed by atoms with Gasteiger partial charge in [0, 0.05) is 16.8 Å². The van der Waals surface area contributed by atoms with Crippen molar-refractivity contribution in [3.63, 3.8) is 0 Å². The number of hydrogen-bond donors (Lipinski definition) is 1. The van der Waals surface area contributed by atoms with Gasteiger partial charge in [-0.15, -0.1) is 0 Å². The third kappa shape index (κ3) is 2.87. The summed E-state index contributed by atoms with van der Waals surface area (Å²) in [5, 5.41) is 3.90. The normalized spacial score (nSPS) is 9.94. The van der Waals surface area contributed by atoms with Crippen LogP contribution in [-0.2, 0) is 0 Å². The first-order valence-corrected chi connectivity index (χ1v) is 5.85. The highest BCUT2D eigenvalue weighted by atomic mass is 35.5. The number of benzene rings is 2. The van der Waals surface area contributed by atoms with Gasteiger partial charge >= 0.3 is 0 Å². The summed E-state index contributed by atoms with van der Waals surface area (Å²) in [4.78, 5) is 0. The Bertz CT molecular complexity index is 543. The van der Waals surface area contributed by atoms with E-state index in [0.717, 1.165) is 22.9 Å². The Labute approximate surface area is 111 Å². The molecular weight excluding hydrogens is 250 g/mol. The highest BCUT2D eigenvalue weighted by Crippen LogP contribution is 2.31. The van der Waals surface area contributed by atoms with E-state index in [2.05, 4.69) is 5.32 Å². The summed E-state index contributed by atoms with van der Waals surface area (Å²) in [6.45, 7) is 0. The van der Waals surface area contributed by atoms with Crippen LogP contribution in [0.3, 0.4) is 0 Å². The number of ether oxygens (including phenoxy) is 2. The van der Waals surface area contributed by atoms with Crippen LogP contribution in [0.15, 0.2) is 42.5 Å². The lowest BCUT2D eigenvalue weighted by Crippen LogP contribution is -1.95. The molecule has 0 heterocycles. The predicted octanol–water partition coefficient (Wildman–Crippen LogP) is 4.10. The van der Waals surface area contributed by atoms with Crippen LogP contribution in [0.1, 0.15) is 0 Å². The lowest BCUT2D eigenvalue weighted by atomic mass is 10.2. The molecule has 0 fully saturated rings. The Morgan fingerprint density at radius 1 is 1.00 bits per heavy atom. The average molecular weight is 264 g/mol. The highest BCUT2D eigenvalue weighted by molar-refractivity contribution is 6.31. The van der Waals surface area contributed by atoms with Crippen LogP contribution in [0.5, 0.6) is 11.5 Å². The van der Waals surface area contributed by atoms with E-state index in [-0.39, 0.29) is 0 Å². The predicted molar refractivity (Wildman–Crippen MR) is 74.3 cm³/mol. The smallest absolute Gasteiger partial charge is 0.142 e. The summed E-state index contributed by atoms with van der Waals surface area (Å²) >= 11 is 5.98. The first kappa shape index (κ1) is 12.6. The van der Waals surface area contributed by atoms with Gasteiger partial charge in [0.15, 0.2) is 0 Å². The molecule has 3 nitrogen and oxygen atoms in total. The largest absolute Gasteiger partial charge is 0.497 e. The Balaban J connectivity index is 2.29. The molecule has 0 spiro atoms. The molecule has 0 amide bonds. The molecule has 0 atom stereocenters. The molecule has 0 aromatic heterocycles. The average Bonchev–Trinajstić information content (AvgIpc) is 2.39. The molecule has 94 valence electrons. The van der Waals surface area contributed by atoms with E-state index < -0.39 is 0 Å². The molecule has 0 aliphatic carbocycles.